The van der Waals surface area contributed by atoms with E-state index in [0.717, 1.165) is 11.3 Å². The average molecular weight is 356 g/mol. The summed E-state index contributed by atoms with van der Waals surface area (Å²) < 4.78 is 4.95. The predicted octanol–water partition coefficient (Wildman–Crippen LogP) is 3.30. The number of hydrogen-bond donors (Lipinski definition) is 1. The normalized spacial score (nSPS) is 10.6. The zero-order valence-corrected chi connectivity index (χ0v) is 15.0. The van der Waals surface area contributed by atoms with Gasteiger partial charge >= 0.3 is 5.97 Å². The van der Waals surface area contributed by atoms with Gasteiger partial charge in [0.25, 0.3) is 0 Å². The van der Waals surface area contributed by atoms with E-state index in [1.807, 2.05) is 12.1 Å². The molecule has 5 nitrogen and oxygen atoms in total. The molecule has 6 heteroatoms. The minimum Gasteiger partial charge on any atom is -0.427 e. The maximum Gasteiger partial charge on any atom is 0.308 e. The lowest BCUT2D eigenvalue weighted by molar-refractivity contribution is -0.131. The largest absolute Gasteiger partial charge is 0.427 e. The van der Waals surface area contributed by atoms with Crippen LogP contribution in [-0.4, -0.2) is 23.8 Å². The maximum absolute atomic E-state index is 11.8. The second-order valence-electron chi connectivity index (χ2n) is 5.38. The smallest absolute Gasteiger partial charge is 0.308 e. The van der Waals surface area contributed by atoms with Gasteiger partial charge in [-0.3, -0.25) is 9.59 Å². The van der Waals surface area contributed by atoms with Gasteiger partial charge in [-0.05, 0) is 47.9 Å². The molecule has 0 aliphatic rings. The summed E-state index contributed by atoms with van der Waals surface area (Å²) >= 11 is 1.55. The molecule has 130 valence electrons. The first kappa shape index (κ1) is 18.7. The fourth-order valence-corrected chi connectivity index (χ4v) is 2.92. The van der Waals surface area contributed by atoms with Gasteiger partial charge in [0.2, 0.25) is 5.91 Å². The molecule has 0 aliphatic carbocycles. The number of benzene rings is 2. The van der Waals surface area contributed by atoms with E-state index in [-0.39, 0.29) is 11.9 Å². The van der Waals surface area contributed by atoms with Gasteiger partial charge in [0.1, 0.15) is 5.75 Å². The van der Waals surface area contributed by atoms with E-state index in [4.69, 9.17) is 4.74 Å². The third kappa shape index (κ3) is 6.81. The van der Waals surface area contributed by atoms with Gasteiger partial charge in [0, 0.05) is 12.7 Å². The molecule has 2 aromatic carbocycles. The molecular formula is C19H20N2O3S. The minimum atomic E-state index is -0.364. The number of aryl methyl sites for hydroxylation is 1. The maximum atomic E-state index is 11.8. The summed E-state index contributed by atoms with van der Waals surface area (Å²) in [4.78, 5) is 22.6. The second-order valence-corrected chi connectivity index (χ2v) is 6.36. The number of nitrogens with one attached hydrogen (secondary N) is 1. The van der Waals surface area contributed by atoms with Crippen molar-refractivity contribution < 1.29 is 14.3 Å². The molecule has 0 atom stereocenters. The highest BCUT2D eigenvalue weighted by atomic mass is 32.2. The van der Waals surface area contributed by atoms with Gasteiger partial charge in [0.15, 0.2) is 0 Å². The molecule has 0 radical (unpaired) electrons. The molecule has 0 heterocycles. The average Bonchev–Trinajstić information content (AvgIpc) is 2.58. The van der Waals surface area contributed by atoms with Crippen LogP contribution >= 0.6 is 11.8 Å². The van der Waals surface area contributed by atoms with E-state index in [2.05, 4.69) is 29.6 Å². The number of ether oxygens (including phenoxy) is 1. The van der Waals surface area contributed by atoms with Gasteiger partial charge in [-0.25, -0.2) is 5.43 Å². The summed E-state index contributed by atoms with van der Waals surface area (Å²) in [6.45, 7) is 3.41. The summed E-state index contributed by atoms with van der Waals surface area (Å²) in [6, 6.07) is 15.0. The molecular weight excluding hydrogens is 336 g/mol. The quantitative estimate of drug-likeness (QED) is 0.358. The van der Waals surface area contributed by atoms with Crippen molar-refractivity contribution in [3.63, 3.8) is 0 Å². The molecule has 1 N–H and O–H groups in total. The topological polar surface area (TPSA) is 67.8 Å². The summed E-state index contributed by atoms with van der Waals surface area (Å²) in [7, 11) is 0. The van der Waals surface area contributed by atoms with Crippen molar-refractivity contribution in [3.8, 4) is 5.75 Å². The summed E-state index contributed by atoms with van der Waals surface area (Å²) in [5.41, 5.74) is 5.76. The van der Waals surface area contributed by atoms with Crippen molar-refractivity contribution in [1.29, 1.82) is 0 Å². The van der Waals surface area contributed by atoms with Gasteiger partial charge in [-0.15, -0.1) is 11.8 Å². The van der Waals surface area contributed by atoms with Crippen LogP contribution in [0, 0.1) is 6.92 Å². The van der Waals surface area contributed by atoms with E-state index < -0.39 is 0 Å². The molecule has 0 saturated carbocycles. The number of hydrogen-bond acceptors (Lipinski definition) is 5. The number of carbonyl (C=O) groups excluding carboxylic acids is 2. The van der Waals surface area contributed by atoms with Crippen LogP contribution in [0.4, 0.5) is 0 Å². The van der Waals surface area contributed by atoms with Crippen molar-refractivity contribution >= 4 is 29.9 Å². The monoisotopic (exact) mass is 356 g/mol. The second kappa shape index (κ2) is 9.64. The Balaban J connectivity index is 1.73. The van der Waals surface area contributed by atoms with Crippen molar-refractivity contribution in [1.82, 2.24) is 5.43 Å². The summed E-state index contributed by atoms with van der Waals surface area (Å²) in [6.07, 6.45) is 1.54. The molecule has 0 aromatic heterocycles. The predicted molar refractivity (Wildman–Crippen MR) is 101 cm³/mol. The van der Waals surface area contributed by atoms with Gasteiger partial charge in [-0.2, -0.15) is 5.10 Å². The van der Waals surface area contributed by atoms with Crippen LogP contribution in [0.3, 0.4) is 0 Å². The standard InChI is InChI=1S/C19H20N2O3S/c1-14-5-3-4-6-17(14)12-25-13-19(23)21-20-11-16-7-9-18(10-8-16)24-15(2)22/h3-11H,12-13H2,1-2H3,(H,21,23). The van der Waals surface area contributed by atoms with Crippen LogP contribution in [0.2, 0.25) is 0 Å². The first-order valence-corrected chi connectivity index (χ1v) is 8.92. The Morgan fingerprint density at radius 2 is 1.88 bits per heavy atom. The zero-order valence-electron chi connectivity index (χ0n) is 14.2. The lowest BCUT2D eigenvalue weighted by atomic mass is 10.1. The number of carbonyl (C=O) groups is 2. The third-order valence-electron chi connectivity index (χ3n) is 3.30. The lowest BCUT2D eigenvalue weighted by Crippen LogP contribution is -2.19. The first-order valence-electron chi connectivity index (χ1n) is 7.77. The molecule has 1 amide bonds. The molecule has 0 bridgehead atoms. The summed E-state index contributed by atoms with van der Waals surface area (Å²) in [5.74, 6) is 1.10. The molecule has 0 unspecified atom stereocenters. The van der Waals surface area contributed by atoms with Crippen molar-refractivity contribution in [2.24, 2.45) is 5.10 Å². The Labute approximate surface area is 151 Å². The van der Waals surface area contributed by atoms with E-state index >= 15 is 0 Å². The lowest BCUT2D eigenvalue weighted by Gasteiger charge is -2.04. The van der Waals surface area contributed by atoms with Crippen LogP contribution in [-0.2, 0) is 15.3 Å². The Kier molecular flexibility index (Phi) is 7.22. The Hall–Kier alpha value is -2.60. The number of hydrazone groups is 1. The van der Waals surface area contributed by atoms with Crippen molar-refractivity contribution in [2.45, 2.75) is 19.6 Å². The SMILES string of the molecule is CC(=O)Oc1ccc(C=NNC(=O)CSCc2ccccc2C)cc1. The number of amides is 1. The van der Waals surface area contributed by atoms with Crippen LogP contribution in [0.25, 0.3) is 0 Å². The van der Waals surface area contributed by atoms with E-state index in [1.54, 1.807) is 42.2 Å². The van der Waals surface area contributed by atoms with Gasteiger partial charge in [-0.1, -0.05) is 24.3 Å². The van der Waals surface area contributed by atoms with Crippen LogP contribution < -0.4 is 10.2 Å². The van der Waals surface area contributed by atoms with E-state index in [9.17, 15) is 9.59 Å². The van der Waals surface area contributed by atoms with E-state index in [0.29, 0.717) is 11.5 Å². The molecule has 25 heavy (non-hydrogen) atoms. The molecule has 2 rings (SSSR count). The Morgan fingerprint density at radius 1 is 1.16 bits per heavy atom. The molecule has 0 fully saturated rings. The number of rotatable bonds is 7. The van der Waals surface area contributed by atoms with Crippen LogP contribution in [0.1, 0.15) is 23.6 Å². The highest BCUT2D eigenvalue weighted by Crippen LogP contribution is 2.15. The van der Waals surface area contributed by atoms with Crippen LogP contribution in [0.5, 0.6) is 5.75 Å². The number of thioether (sulfide) groups is 1. The molecule has 0 spiro atoms. The van der Waals surface area contributed by atoms with Gasteiger partial charge < -0.3 is 4.74 Å². The highest BCUT2D eigenvalue weighted by molar-refractivity contribution is 7.99. The molecule has 0 aliphatic heterocycles. The highest BCUT2D eigenvalue weighted by Gasteiger charge is 2.02. The Morgan fingerprint density at radius 3 is 2.56 bits per heavy atom. The van der Waals surface area contributed by atoms with Crippen molar-refractivity contribution in [3.05, 3.63) is 65.2 Å². The fraction of sp³-hybridized carbons (Fsp3) is 0.211. The summed E-state index contributed by atoms with van der Waals surface area (Å²) in [5, 5.41) is 3.93. The van der Waals surface area contributed by atoms with Crippen LogP contribution in [0.15, 0.2) is 53.6 Å². The first-order chi connectivity index (χ1) is 12.0. The number of esters is 1. The number of nitrogens with zero attached hydrogens (tertiary/aromatic N) is 1. The molecule has 0 saturated heterocycles. The van der Waals surface area contributed by atoms with Gasteiger partial charge in [0.05, 0.1) is 12.0 Å². The van der Waals surface area contributed by atoms with Crippen molar-refractivity contribution in [2.75, 3.05) is 5.75 Å². The third-order valence-corrected chi connectivity index (χ3v) is 4.28. The fourth-order valence-electron chi connectivity index (χ4n) is 2.02. The minimum absolute atomic E-state index is 0.147. The molecule has 2 aromatic rings. The van der Waals surface area contributed by atoms with E-state index in [1.165, 1.54) is 18.1 Å². The zero-order chi connectivity index (χ0) is 18.1. The Bertz CT molecular complexity index is 758.